The second-order valence-electron chi connectivity index (χ2n) is 5.45. The first-order valence-corrected chi connectivity index (χ1v) is 8.15. The lowest BCUT2D eigenvalue weighted by molar-refractivity contribution is -0.0184. The van der Waals surface area contributed by atoms with Crippen LogP contribution in [0.2, 0.25) is 5.02 Å². The van der Waals surface area contributed by atoms with E-state index in [1.54, 1.807) is 7.11 Å². The number of methoxy groups -OCH3 is 1. The van der Waals surface area contributed by atoms with Gasteiger partial charge in [0.2, 0.25) is 0 Å². The summed E-state index contributed by atoms with van der Waals surface area (Å²) in [5.74, 6) is 0.595. The molecule has 1 heterocycles. The average Bonchev–Trinajstić information content (AvgIpc) is 2.45. The smallest absolute Gasteiger partial charge is 0.0724 e. The highest BCUT2D eigenvalue weighted by molar-refractivity contribution is 9.10. The molecule has 3 nitrogen and oxygen atoms in total. The maximum Gasteiger partial charge on any atom is 0.0724 e. The van der Waals surface area contributed by atoms with Crippen molar-refractivity contribution in [2.75, 3.05) is 26.7 Å². The van der Waals surface area contributed by atoms with Crippen LogP contribution in [0.4, 0.5) is 0 Å². The zero-order valence-corrected chi connectivity index (χ0v) is 14.3. The van der Waals surface area contributed by atoms with Crippen molar-refractivity contribution in [3.05, 3.63) is 33.3 Å². The fraction of sp³-hybridized carbons (Fsp3) is 0.600. The Bertz CT molecular complexity index is 457. The second-order valence-corrected chi connectivity index (χ2v) is 6.74. The van der Waals surface area contributed by atoms with Crippen LogP contribution in [-0.2, 0) is 4.74 Å². The van der Waals surface area contributed by atoms with Gasteiger partial charge in [-0.1, -0.05) is 34.5 Å². The topological polar surface area (TPSA) is 38.5 Å². The van der Waals surface area contributed by atoms with Crippen molar-refractivity contribution < 1.29 is 4.74 Å². The molecular formula is C15H22BrClN2O. The zero-order valence-electron chi connectivity index (χ0n) is 12.0. The van der Waals surface area contributed by atoms with Crippen LogP contribution in [0.1, 0.15) is 24.9 Å². The van der Waals surface area contributed by atoms with Gasteiger partial charge in [0.1, 0.15) is 0 Å². The molecule has 1 fully saturated rings. The van der Waals surface area contributed by atoms with Gasteiger partial charge in [-0.2, -0.15) is 0 Å². The Morgan fingerprint density at radius 3 is 2.95 bits per heavy atom. The molecule has 1 aromatic carbocycles. The molecule has 1 saturated heterocycles. The maximum absolute atomic E-state index is 6.13. The third kappa shape index (κ3) is 3.55. The van der Waals surface area contributed by atoms with Gasteiger partial charge in [0, 0.05) is 35.7 Å². The van der Waals surface area contributed by atoms with E-state index < -0.39 is 0 Å². The number of hydrogen-bond donors (Lipinski definition) is 1. The van der Waals surface area contributed by atoms with Crippen LogP contribution in [0.15, 0.2) is 22.7 Å². The summed E-state index contributed by atoms with van der Waals surface area (Å²) < 4.78 is 6.66. The molecule has 3 atom stereocenters. The van der Waals surface area contributed by atoms with E-state index in [2.05, 4.69) is 27.8 Å². The molecule has 0 saturated carbocycles. The first kappa shape index (κ1) is 16.2. The van der Waals surface area contributed by atoms with E-state index in [-0.39, 0.29) is 12.1 Å². The fourth-order valence-corrected chi connectivity index (χ4v) is 3.58. The molecule has 2 rings (SSSR count). The first-order chi connectivity index (χ1) is 9.56. The molecule has 0 aliphatic carbocycles. The van der Waals surface area contributed by atoms with E-state index >= 15 is 0 Å². The molecule has 2 N–H and O–H groups in total. The predicted molar refractivity (Wildman–Crippen MR) is 87.1 cm³/mol. The molecule has 0 radical (unpaired) electrons. The second kappa shape index (κ2) is 7.23. The van der Waals surface area contributed by atoms with Crippen LogP contribution >= 0.6 is 27.5 Å². The summed E-state index contributed by atoms with van der Waals surface area (Å²) in [6.07, 6.45) is 1.41. The molecule has 0 amide bonds. The van der Waals surface area contributed by atoms with Crippen LogP contribution in [0.3, 0.4) is 0 Å². The largest absolute Gasteiger partial charge is 0.380 e. The summed E-state index contributed by atoms with van der Waals surface area (Å²) in [6.45, 7) is 4.78. The molecule has 112 valence electrons. The summed E-state index contributed by atoms with van der Waals surface area (Å²) in [5, 5.41) is 0.746. The van der Waals surface area contributed by atoms with Gasteiger partial charge < -0.3 is 10.5 Å². The lowest BCUT2D eigenvalue weighted by Crippen LogP contribution is -2.47. The van der Waals surface area contributed by atoms with Crippen LogP contribution in [0.5, 0.6) is 0 Å². The zero-order chi connectivity index (χ0) is 14.7. The minimum absolute atomic E-state index is 0.174. The molecule has 0 spiro atoms. The van der Waals surface area contributed by atoms with E-state index in [0.29, 0.717) is 12.5 Å². The van der Waals surface area contributed by atoms with Gasteiger partial charge in [-0.25, -0.2) is 0 Å². The SMILES string of the molecule is COC1CN(C(CN)c2cc(Cl)ccc2Br)CCC1C. The Morgan fingerprint density at radius 1 is 1.55 bits per heavy atom. The van der Waals surface area contributed by atoms with Gasteiger partial charge in [0.25, 0.3) is 0 Å². The molecule has 1 aromatic rings. The van der Waals surface area contributed by atoms with E-state index in [4.69, 9.17) is 22.1 Å². The van der Waals surface area contributed by atoms with Crippen molar-refractivity contribution in [1.82, 2.24) is 4.90 Å². The summed E-state index contributed by atoms with van der Waals surface area (Å²) in [7, 11) is 1.79. The van der Waals surface area contributed by atoms with E-state index in [0.717, 1.165) is 34.6 Å². The Morgan fingerprint density at radius 2 is 2.30 bits per heavy atom. The number of benzene rings is 1. The fourth-order valence-electron chi connectivity index (χ4n) is 2.89. The van der Waals surface area contributed by atoms with Crippen molar-refractivity contribution in [3.8, 4) is 0 Å². The monoisotopic (exact) mass is 360 g/mol. The molecule has 5 heteroatoms. The Balaban J connectivity index is 2.21. The number of hydrogen-bond acceptors (Lipinski definition) is 3. The van der Waals surface area contributed by atoms with Crippen molar-refractivity contribution >= 4 is 27.5 Å². The van der Waals surface area contributed by atoms with Crippen molar-refractivity contribution in [2.45, 2.75) is 25.5 Å². The number of rotatable bonds is 4. The van der Waals surface area contributed by atoms with E-state index in [1.807, 2.05) is 18.2 Å². The summed E-state index contributed by atoms with van der Waals surface area (Å²) in [5.41, 5.74) is 7.19. The Labute approximate surface area is 134 Å². The standard InChI is InChI=1S/C15H22BrClN2O/c1-10-5-6-19(9-15(10)20-2)14(8-18)12-7-11(17)3-4-13(12)16/h3-4,7,10,14-15H,5-6,8-9,18H2,1-2H3. The highest BCUT2D eigenvalue weighted by atomic mass is 79.9. The number of piperidine rings is 1. The summed E-state index contributed by atoms with van der Waals surface area (Å²) in [6, 6.07) is 6.05. The first-order valence-electron chi connectivity index (χ1n) is 6.98. The lowest BCUT2D eigenvalue weighted by Gasteiger charge is -2.40. The number of nitrogens with two attached hydrogens (primary N) is 1. The molecule has 1 aliphatic heterocycles. The number of nitrogens with zero attached hydrogens (tertiary/aromatic N) is 1. The molecule has 0 aromatic heterocycles. The minimum atomic E-state index is 0.174. The number of ether oxygens (including phenoxy) is 1. The highest BCUT2D eigenvalue weighted by Gasteiger charge is 2.31. The Hall–Kier alpha value is -0.130. The molecule has 20 heavy (non-hydrogen) atoms. The molecule has 1 aliphatic rings. The Kier molecular flexibility index (Phi) is 5.87. The van der Waals surface area contributed by atoms with Gasteiger partial charge in [0.15, 0.2) is 0 Å². The third-order valence-electron chi connectivity index (χ3n) is 4.20. The highest BCUT2D eigenvalue weighted by Crippen LogP contribution is 2.33. The van der Waals surface area contributed by atoms with Crippen LogP contribution in [0.25, 0.3) is 0 Å². The molecule has 0 bridgehead atoms. The van der Waals surface area contributed by atoms with Gasteiger partial charge >= 0.3 is 0 Å². The predicted octanol–water partition coefficient (Wildman–Crippen LogP) is 3.46. The summed E-state index contributed by atoms with van der Waals surface area (Å²) >= 11 is 9.74. The van der Waals surface area contributed by atoms with Gasteiger partial charge in [0.05, 0.1) is 6.10 Å². The van der Waals surface area contributed by atoms with Crippen molar-refractivity contribution in [1.29, 1.82) is 0 Å². The van der Waals surface area contributed by atoms with Crippen molar-refractivity contribution in [3.63, 3.8) is 0 Å². The average molecular weight is 362 g/mol. The van der Waals surface area contributed by atoms with E-state index in [1.165, 1.54) is 0 Å². The normalized spacial score (nSPS) is 25.6. The van der Waals surface area contributed by atoms with Gasteiger partial charge in [-0.05, 0) is 42.6 Å². The van der Waals surface area contributed by atoms with Crippen LogP contribution in [-0.4, -0.2) is 37.7 Å². The maximum atomic E-state index is 6.13. The number of likely N-dealkylation sites (tertiary alicyclic amines) is 1. The summed E-state index contributed by atoms with van der Waals surface area (Å²) in [4.78, 5) is 2.41. The van der Waals surface area contributed by atoms with Crippen molar-refractivity contribution in [2.24, 2.45) is 11.7 Å². The minimum Gasteiger partial charge on any atom is -0.380 e. The van der Waals surface area contributed by atoms with E-state index in [9.17, 15) is 0 Å². The van der Waals surface area contributed by atoms with Gasteiger partial charge in [-0.3, -0.25) is 4.90 Å². The lowest BCUT2D eigenvalue weighted by atomic mass is 9.93. The number of halogens is 2. The molecular weight excluding hydrogens is 340 g/mol. The van der Waals surface area contributed by atoms with Crippen LogP contribution in [0, 0.1) is 5.92 Å². The third-order valence-corrected chi connectivity index (χ3v) is 5.16. The van der Waals surface area contributed by atoms with Crippen LogP contribution < -0.4 is 5.73 Å². The van der Waals surface area contributed by atoms with Gasteiger partial charge in [-0.15, -0.1) is 0 Å². The quantitative estimate of drug-likeness (QED) is 0.892. The molecule has 3 unspecified atom stereocenters.